The topological polar surface area (TPSA) is 30.5 Å². The molecular formula is C17H24BrNO2. The van der Waals surface area contributed by atoms with Crippen LogP contribution in [0.25, 0.3) is 0 Å². The zero-order chi connectivity index (χ0) is 15.0. The molecule has 1 heterocycles. The van der Waals surface area contributed by atoms with E-state index >= 15 is 0 Å². The van der Waals surface area contributed by atoms with E-state index in [4.69, 9.17) is 9.47 Å². The summed E-state index contributed by atoms with van der Waals surface area (Å²) in [6, 6.07) is 4.59. The summed E-state index contributed by atoms with van der Waals surface area (Å²) in [5.41, 5.74) is 1.58. The number of hydrogen-bond acceptors (Lipinski definition) is 3. The first kappa shape index (κ1) is 15.0. The van der Waals surface area contributed by atoms with Crippen LogP contribution < -0.4 is 14.8 Å². The molecule has 3 rings (SSSR count). The Kier molecular flexibility index (Phi) is 4.08. The maximum absolute atomic E-state index is 5.68. The van der Waals surface area contributed by atoms with Crippen LogP contribution in [0.3, 0.4) is 0 Å². The fourth-order valence-electron chi connectivity index (χ4n) is 3.54. The SMILES string of the molecule is CC1CC(C)(C)CCC1Nc1cc2c(cc1Br)OCCO2. The second-order valence-corrected chi connectivity index (χ2v) is 7.97. The average molecular weight is 354 g/mol. The summed E-state index contributed by atoms with van der Waals surface area (Å²) < 4.78 is 12.3. The number of halogens is 1. The first-order valence-electron chi connectivity index (χ1n) is 7.80. The lowest BCUT2D eigenvalue weighted by Crippen LogP contribution is -2.37. The molecule has 0 amide bonds. The number of benzene rings is 1. The van der Waals surface area contributed by atoms with Gasteiger partial charge in [-0.25, -0.2) is 0 Å². The molecule has 1 aromatic rings. The van der Waals surface area contributed by atoms with Crippen LogP contribution in [0.1, 0.15) is 40.0 Å². The Balaban J connectivity index is 1.76. The lowest BCUT2D eigenvalue weighted by molar-refractivity contribution is 0.171. The van der Waals surface area contributed by atoms with Gasteiger partial charge < -0.3 is 14.8 Å². The standard InChI is InChI=1S/C17H24BrNO2/c1-11-10-17(2,3)5-4-13(11)19-14-9-16-15(8-12(14)18)20-6-7-21-16/h8-9,11,13,19H,4-7,10H2,1-3H3. The molecule has 2 atom stereocenters. The predicted molar refractivity (Wildman–Crippen MR) is 89.3 cm³/mol. The normalized spacial score (nSPS) is 27.2. The maximum Gasteiger partial charge on any atom is 0.163 e. The molecule has 0 aromatic heterocycles. The third-order valence-corrected chi connectivity index (χ3v) is 5.32. The van der Waals surface area contributed by atoms with Gasteiger partial charge in [0.2, 0.25) is 0 Å². The van der Waals surface area contributed by atoms with Crippen molar-refractivity contribution in [2.75, 3.05) is 18.5 Å². The van der Waals surface area contributed by atoms with E-state index < -0.39 is 0 Å². The molecule has 0 bridgehead atoms. The number of ether oxygens (including phenoxy) is 2. The maximum atomic E-state index is 5.68. The highest BCUT2D eigenvalue weighted by Gasteiger charge is 2.32. The Morgan fingerprint density at radius 3 is 2.52 bits per heavy atom. The Morgan fingerprint density at radius 2 is 1.86 bits per heavy atom. The smallest absolute Gasteiger partial charge is 0.163 e. The third-order valence-electron chi connectivity index (χ3n) is 4.67. The largest absolute Gasteiger partial charge is 0.486 e. The molecule has 116 valence electrons. The third kappa shape index (κ3) is 3.31. The Morgan fingerprint density at radius 1 is 1.19 bits per heavy atom. The van der Waals surface area contributed by atoms with Crippen LogP contribution in [0.5, 0.6) is 11.5 Å². The highest BCUT2D eigenvalue weighted by molar-refractivity contribution is 9.10. The van der Waals surface area contributed by atoms with Crippen molar-refractivity contribution in [3.63, 3.8) is 0 Å². The van der Waals surface area contributed by atoms with E-state index in [1.54, 1.807) is 0 Å². The van der Waals surface area contributed by atoms with Gasteiger partial charge in [0.05, 0.1) is 5.69 Å². The molecule has 1 saturated carbocycles. The molecule has 0 spiro atoms. The summed E-state index contributed by atoms with van der Waals surface area (Å²) in [5, 5.41) is 3.70. The summed E-state index contributed by atoms with van der Waals surface area (Å²) in [5.74, 6) is 2.35. The van der Waals surface area contributed by atoms with E-state index in [2.05, 4.69) is 48.1 Å². The van der Waals surface area contributed by atoms with Gasteiger partial charge in [-0.3, -0.25) is 0 Å². The molecule has 1 aliphatic carbocycles. The number of fused-ring (bicyclic) bond motifs is 1. The minimum absolute atomic E-state index is 0.474. The molecule has 0 radical (unpaired) electrons. The van der Waals surface area contributed by atoms with E-state index in [9.17, 15) is 0 Å². The first-order valence-corrected chi connectivity index (χ1v) is 8.60. The van der Waals surface area contributed by atoms with E-state index in [1.807, 2.05) is 6.07 Å². The molecule has 3 nitrogen and oxygen atoms in total. The summed E-state index contributed by atoms with van der Waals surface area (Å²) in [6.45, 7) is 8.35. The first-order chi connectivity index (χ1) is 9.94. The second kappa shape index (κ2) is 5.71. The summed E-state index contributed by atoms with van der Waals surface area (Å²) >= 11 is 3.65. The van der Waals surface area contributed by atoms with Gasteiger partial charge in [-0.05, 0) is 46.5 Å². The molecular weight excluding hydrogens is 330 g/mol. The minimum atomic E-state index is 0.474. The molecule has 2 aliphatic rings. The Hall–Kier alpha value is -0.900. The zero-order valence-corrected chi connectivity index (χ0v) is 14.6. The van der Waals surface area contributed by atoms with Gasteiger partial charge >= 0.3 is 0 Å². The van der Waals surface area contributed by atoms with Crippen LogP contribution in [0.15, 0.2) is 16.6 Å². The van der Waals surface area contributed by atoms with E-state index in [-0.39, 0.29) is 0 Å². The van der Waals surface area contributed by atoms with Crippen molar-refractivity contribution >= 4 is 21.6 Å². The van der Waals surface area contributed by atoms with E-state index in [0.29, 0.717) is 30.6 Å². The summed E-state index contributed by atoms with van der Waals surface area (Å²) in [6.07, 6.45) is 3.76. The van der Waals surface area contributed by atoms with Crippen molar-refractivity contribution in [3.8, 4) is 11.5 Å². The van der Waals surface area contributed by atoms with Crippen molar-refractivity contribution in [1.29, 1.82) is 0 Å². The fourth-order valence-corrected chi connectivity index (χ4v) is 3.97. The van der Waals surface area contributed by atoms with E-state index in [1.165, 1.54) is 19.3 Å². The molecule has 4 heteroatoms. The average Bonchev–Trinajstić information content (AvgIpc) is 2.42. The van der Waals surface area contributed by atoms with Crippen LogP contribution in [0.4, 0.5) is 5.69 Å². The Labute approximate surface area is 135 Å². The molecule has 1 N–H and O–H groups in total. The van der Waals surface area contributed by atoms with Crippen LogP contribution >= 0.6 is 15.9 Å². The number of hydrogen-bond donors (Lipinski definition) is 1. The van der Waals surface area contributed by atoms with Crippen molar-refractivity contribution in [2.24, 2.45) is 11.3 Å². The van der Waals surface area contributed by atoms with Crippen molar-refractivity contribution in [2.45, 2.75) is 46.1 Å². The molecule has 2 unspecified atom stereocenters. The molecule has 1 aromatic carbocycles. The van der Waals surface area contributed by atoms with Gasteiger partial charge in [0, 0.05) is 22.6 Å². The molecule has 1 fully saturated rings. The number of rotatable bonds is 2. The van der Waals surface area contributed by atoms with Crippen molar-refractivity contribution in [1.82, 2.24) is 0 Å². The number of nitrogens with one attached hydrogen (secondary N) is 1. The Bertz CT molecular complexity index is 530. The van der Waals surface area contributed by atoms with Gasteiger partial charge in [-0.1, -0.05) is 20.8 Å². The monoisotopic (exact) mass is 353 g/mol. The lowest BCUT2D eigenvalue weighted by Gasteiger charge is -2.40. The summed E-state index contributed by atoms with van der Waals surface area (Å²) in [7, 11) is 0. The lowest BCUT2D eigenvalue weighted by atomic mass is 9.70. The van der Waals surface area contributed by atoms with Crippen LogP contribution in [-0.4, -0.2) is 19.3 Å². The highest BCUT2D eigenvalue weighted by Crippen LogP contribution is 2.42. The number of anilines is 1. The van der Waals surface area contributed by atoms with Gasteiger partial charge in [0.25, 0.3) is 0 Å². The van der Waals surface area contributed by atoms with Gasteiger partial charge in [0.1, 0.15) is 13.2 Å². The van der Waals surface area contributed by atoms with Gasteiger partial charge in [-0.15, -0.1) is 0 Å². The highest BCUT2D eigenvalue weighted by atomic mass is 79.9. The quantitative estimate of drug-likeness (QED) is 0.824. The molecule has 21 heavy (non-hydrogen) atoms. The van der Waals surface area contributed by atoms with Crippen molar-refractivity contribution in [3.05, 3.63) is 16.6 Å². The van der Waals surface area contributed by atoms with Crippen molar-refractivity contribution < 1.29 is 9.47 Å². The van der Waals surface area contributed by atoms with Gasteiger partial charge in [0.15, 0.2) is 11.5 Å². The second-order valence-electron chi connectivity index (χ2n) is 7.11. The molecule has 1 aliphatic heterocycles. The van der Waals surface area contributed by atoms with Crippen LogP contribution in [0.2, 0.25) is 0 Å². The van der Waals surface area contributed by atoms with Crippen LogP contribution in [0, 0.1) is 11.3 Å². The fraction of sp³-hybridized carbons (Fsp3) is 0.647. The minimum Gasteiger partial charge on any atom is -0.486 e. The summed E-state index contributed by atoms with van der Waals surface area (Å²) in [4.78, 5) is 0. The predicted octanol–water partition coefficient (Wildman–Crippen LogP) is 4.85. The zero-order valence-electron chi connectivity index (χ0n) is 13.0. The van der Waals surface area contributed by atoms with E-state index in [0.717, 1.165) is 21.7 Å². The molecule has 0 saturated heterocycles. The van der Waals surface area contributed by atoms with Crippen LogP contribution in [-0.2, 0) is 0 Å². The van der Waals surface area contributed by atoms with Gasteiger partial charge in [-0.2, -0.15) is 0 Å².